The summed E-state index contributed by atoms with van der Waals surface area (Å²) in [7, 11) is 0. The summed E-state index contributed by atoms with van der Waals surface area (Å²) in [4.78, 5) is 20.9. The van der Waals surface area contributed by atoms with Crippen LogP contribution in [0.1, 0.15) is 0 Å². The minimum Gasteiger partial charge on any atom is -0.479 e. The largest absolute Gasteiger partial charge is 0.479 e. The van der Waals surface area contributed by atoms with Gasteiger partial charge in [0, 0.05) is 0 Å². The molecule has 0 fully saturated rings. The maximum Gasteiger partial charge on any atom is 0.350 e. The van der Waals surface area contributed by atoms with Crippen LogP contribution in [0.4, 0.5) is 0 Å². The van der Waals surface area contributed by atoms with Gasteiger partial charge in [-0.3, -0.25) is 0 Å². The van der Waals surface area contributed by atoms with Crippen molar-refractivity contribution < 1.29 is 45.3 Å². The van der Waals surface area contributed by atoms with Crippen LogP contribution in [0.5, 0.6) is 0 Å². The molecule has 9 nitrogen and oxygen atoms in total. The highest BCUT2D eigenvalue weighted by atomic mass is 16.5. The second kappa shape index (κ2) is 5.18. The van der Waals surface area contributed by atoms with Crippen molar-refractivity contribution in [2.45, 2.75) is 23.9 Å². The predicted octanol–water partition coefficient (Wildman–Crippen LogP) is -4.04. The number of carbonyl (C=O) groups is 2. The average Bonchev–Trinajstić information content (AvgIpc) is 2.23. The molecular formula is C7H12O9. The van der Waals surface area contributed by atoms with Crippen molar-refractivity contribution in [2.75, 3.05) is 6.61 Å². The van der Waals surface area contributed by atoms with E-state index in [1.54, 1.807) is 0 Å². The van der Waals surface area contributed by atoms with Gasteiger partial charge in [0.25, 0.3) is 5.60 Å². The molecule has 0 heterocycles. The molecular weight excluding hydrogens is 228 g/mol. The maximum atomic E-state index is 10.5. The summed E-state index contributed by atoms with van der Waals surface area (Å²) < 4.78 is 0. The van der Waals surface area contributed by atoms with Gasteiger partial charge in [-0.05, 0) is 0 Å². The van der Waals surface area contributed by atoms with Gasteiger partial charge in [0.15, 0.2) is 0 Å². The first-order valence-corrected chi connectivity index (χ1v) is 4.03. The van der Waals surface area contributed by atoms with Crippen LogP contribution < -0.4 is 0 Å². The molecule has 0 bridgehead atoms. The molecule has 0 aromatic carbocycles. The van der Waals surface area contributed by atoms with Crippen molar-refractivity contribution in [2.24, 2.45) is 0 Å². The van der Waals surface area contributed by atoms with E-state index in [0.29, 0.717) is 0 Å². The zero-order chi connectivity index (χ0) is 13.1. The van der Waals surface area contributed by atoms with Gasteiger partial charge in [-0.15, -0.1) is 0 Å². The highest BCUT2D eigenvalue weighted by Crippen LogP contribution is 2.17. The van der Waals surface area contributed by atoms with Crippen molar-refractivity contribution in [1.29, 1.82) is 0 Å². The molecule has 0 saturated carbocycles. The van der Waals surface area contributed by atoms with Crippen molar-refractivity contribution in [1.82, 2.24) is 0 Å². The fourth-order valence-electron chi connectivity index (χ4n) is 0.910. The molecule has 0 radical (unpaired) electrons. The Morgan fingerprint density at radius 1 is 1.06 bits per heavy atom. The number of rotatable bonds is 6. The summed E-state index contributed by atoms with van der Waals surface area (Å²) in [6.07, 6.45) is -7.02. The first kappa shape index (κ1) is 14.7. The van der Waals surface area contributed by atoms with E-state index in [1.165, 1.54) is 0 Å². The number of aliphatic hydroxyl groups excluding tert-OH is 4. The normalized spacial score (nSPS) is 17.6. The lowest BCUT2D eigenvalue weighted by molar-refractivity contribution is -0.203. The molecule has 0 aromatic heterocycles. The molecule has 16 heavy (non-hydrogen) atoms. The number of hydrogen-bond acceptors (Lipinski definition) is 7. The standard InChI is InChI=1S/C7H12O9/c8-1-2(9)3(10)4(11)7(16,5(12)13)6(14)15/h2-4,8-11,16H,1H2,(H,12,13)(H,14,15)/t2-,3-,4+/m1/s1. The Labute approximate surface area is 88.8 Å². The van der Waals surface area contributed by atoms with Crippen molar-refractivity contribution in [3.8, 4) is 0 Å². The number of aliphatic carboxylic acids is 2. The van der Waals surface area contributed by atoms with E-state index in [9.17, 15) is 9.59 Å². The van der Waals surface area contributed by atoms with Crippen molar-refractivity contribution in [3.63, 3.8) is 0 Å². The van der Waals surface area contributed by atoms with E-state index in [0.717, 1.165) is 0 Å². The molecule has 94 valence electrons. The van der Waals surface area contributed by atoms with Crippen LogP contribution in [0.25, 0.3) is 0 Å². The summed E-state index contributed by atoms with van der Waals surface area (Å²) in [5.41, 5.74) is -3.67. The fourth-order valence-corrected chi connectivity index (χ4v) is 0.910. The SMILES string of the molecule is O=C(O)C(O)(C(=O)O)[C@@H](O)[C@H](O)[C@H](O)CO. The molecule has 0 aliphatic heterocycles. The highest BCUT2D eigenvalue weighted by Gasteiger charge is 2.55. The molecule has 0 saturated heterocycles. The Balaban J connectivity index is 5.11. The van der Waals surface area contributed by atoms with E-state index in [4.69, 9.17) is 35.7 Å². The third-order valence-electron chi connectivity index (χ3n) is 1.98. The van der Waals surface area contributed by atoms with Crippen molar-refractivity contribution in [3.05, 3.63) is 0 Å². The van der Waals surface area contributed by atoms with E-state index in [1.807, 2.05) is 0 Å². The molecule has 7 N–H and O–H groups in total. The highest BCUT2D eigenvalue weighted by molar-refractivity contribution is 6.02. The number of carboxylic acids is 2. The fraction of sp³-hybridized carbons (Fsp3) is 0.714. The minimum absolute atomic E-state index is 1.05. The van der Waals surface area contributed by atoms with Crippen LogP contribution >= 0.6 is 0 Å². The lowest BCUT2D eigenvalue weighted by Crippen LogP contribution is -2.62. The molecule has 0 aliphatic carbocycles. The predicted molar refractivity (Wildman–Crippen MR) is 45.3 cm³/mol. The van der Waals surface area contributed by atoms with E-state index >= 15 is 0 Å². The molecule has 0 aromatic rings. The lowest BCUT2D eigenvalue weighted by Gasteiger charge is -2.29. The second-order valence-electron chi connectivity index (χ2n) is 3.06. The Morgan fingerprint density at radius 3 is 1.69 bits per heavy atom. The summed E-state index contributed by atoms with van der Waals surface area (Å²) in [5.74, 6) is -4.62. The van der Waals surface area contributed by atoms with Gasteiger partial charge in [0.2, 0.25) is 0 Å². The Hall–Kier alpha value is -1.26. The van der Waals surface area contributed by atoms with Gasteiger partial charge in [0.05, 0.1) is 6.61 Å². The van der Waals surface area contributed by atoms with Crippen LogP contribution in [0, 0.1) is 0 Å². The van der Waals surface area contributed by atoms with Crippen LogP contribution in [0.2, 0.25) is 0 Å². The third-order valence-corrected chi connectivity index (χ3v) is 1.98. The molecule has 9 heteroatoms. The van der Waals surface area contributed by atoms with Crippen LogP contribution in [-0.4, -0.2) is 78.2 Å². The number of carboxylic acid groups (broad SMARTS) is 2. The summed E-state index contributed by atoms with van der Waals surface area (Å²) >= 11 is 0. The first-order chi connectivity index (χ1) is 7.19. The Morgan fingerprint density at radius 2 is 1.44 bits per heavy atom. The quantitative estimate of drug-likeness (QED) is 0.228. The minimum atomic E-state index is -3.67. The van der Waals surface area contributed by atoms with E-state index < -0.39 is 42.5 Å². The average molecular weight is 240 g/mol. The third kappa shape index (κ3) is 2.46. The zero-order valence-corrected chi connectivity index (χ0v) is 7.89. The van der Waals surface area contributed by atoms with Gasteiger partial charge >= 0.3 is 11.9 Å². The van der Waals surface area contributed by atoms with Crippen LogP contribution in [0.15, 0.2) is 0 Å². The van der Waals surface area contributed by atoms with E-state index in [-0.39, 0.29) is 0 Å². The zero-order valence-electron chi connectivity index (χ0n) is 7.89. The first-order valence-electron chi connectivity index (χ1n) is 4.03. The molecule has 3 atom stereocenters. The van der Waals surface area contributed by atoms with Crippen molar-refractivity contribution >= 4 is 11.9 Å². The van der Waals surface area contributed by atoms with Crippen LogP contribution in [0.3, 0.4) is 0 Å². The Kier molecular flexibility index (Phi) is 4.78. The van der Waals surface area contributed by atoms with Gasteiger partial charge in [-0.2, -0.15) is 0 Å². The number of hydrogen-bond donors (Lipinski definition) is 7. The van der Waals surface area contributed by atoms with Gasteiger partial charge in [-0.25, -0.2) is 9.59 Å². The lowest BCUT2D eigenvalue weighted by atomic mass is 9.90. The summed E-state index contributed by atoms with van der Waals surface area (Å²) in [6.45, 7) is -1.05. The monoisotopic (exact) mass is 240 g/mol. The van der Waals surface area contributed by atoms with Gasteiger partial charge < -0.3 is 35.7 Å². The molecule has 0 rings (SSSR count). The van der Waals surface area contributed by atoms with Gasteiger partial charge in [0.1, 0.15) is 18.3 Å². The smallest absolute Gasteiger partial charge is 0.350 e. The van der Waals surface area contributed by atoms with E-state index in [2.05, 4.69) is 0 Å². The number of aliphatic hydroxyl groups is 5. The maximum absolute atomic E-state index is 10.5. The van der Waals surface area contributed by atoms with Crippen LogP contribution in [-0.2, 0) is 9.59 Å². The summed E-state index contributed by atoms with van der Waals surface area (Å²) in [5, 5.41) is 61.5. The molecule has 0 amide bonds. The molecule has 0 aliphatic rings. The topological polar surface area (TPSA) is 176 Å². The molecule has 0 spiro atoms. The summed E-state index contributed by atoms with van der Waals surface area (Å²) in [6, 6.07) is 0. The Bertz CT molecular complexity index is 261. The second-order valence-corrected chi connectivity index (χ2v) is 3.06. The van der Waals surface area contributed by atoms with Gasteiger partial charge in [-0.1, -0.05) is 0 Å². The molecule has 0 unspecified atom stereocenters.